The van der Waals surface area contributed by atoms with Crippen molar-refractivity contribution in [3.63, 3.8) is 0 Å². The minimum Gasteiger partial charge on any atom is -0.352 e. The fourth-order valence-electron chi connectivity index (χ4n) is 3.26. The summed E-state index contributed by atoms with van der Waals surface area (Å²) in [5.41, 5.74) is 3.57. The Morgan fingerprint density at radius 3 is 2.75 bits per heavy atom. The first kappa shape index (κ1) is 17.8. The summed E-state index contributed by atoms with van der Waals surface area (Å²) >= 11 is 0. The Balaban J connectivity index is 1.36. The van der Waals surface area contributed by atoms with Crippen LogP contribution in [-0.4, -0.2) is 37.2 Å². The molecule has 1 amide bonds. The molecule has 2 aromatic heterocycles. The lowest BCUT2D eigenvalue weighted by atomic mass is 10.1. The van der Waals surface area contributed by atoms with Crippen molar-refractivity contribution in [2.24, 2.45) is 7.05 Å². The van der Waals surface area contributed by atoms with Crippen molar-refractivity contribution in [2.75, 3.05) is 6.54 Å². The van der Waals surface area contributed by atoms with E-state index in [-0.39, 0.29) is 11.7 Å². The van der Waals surface area contributed by atoms with Gasteiger partial charge >= 0.3 is 0 Å². The predicted molar refractivity (Wildman–Crippen MR) is 102 cm³/mol. The van der Waals surface area contributed by atoms with Crippen LogP contribution in [0.4, 0.5) is 4.39 Å². The Bertz CT molecular complexity index is 1100. The standard InChI is InChI=1S/C20H19FN6O/c1-26-12-16(18-10-17(21)6-7-19(18)26)8-9-22-20(28)15-4-2-14(3-5-15)11-27-13-23-24-25-27/h2-7,10,12-13H,8-9,11H2,1H3,(H,22,28). The van der Waals surface area contributed by atoms with Crippen molar-refractivity contribution in [2.45, 2.75) is 13.0 Å². The Morgan fingerprint density at radius 1 is 1.18 bits per heavy atom. The van der Waals surface area contributed by atoms with Gasteiger partial charge in [-0.2, -0.15) is 0 Å². The molecule has 7 nitrogen and oxygen atoms in total. The highest BCUT2D eigenvalue weighted by molar-refractivity contribution is 5.94. The Morgan fingerprint density at radius 2 is 2.00 bits per heavy atom. The molecule has 142 valence electrons. The topological polar surface area (TPSA) is 77.6 Å². The van der Waals surface area contributed by atoms with E-state index >= 15 is 0 Å². The van der Waals surface area contributed by atoms with Gasteiger partial charge in [0.15, 0.2) is 0 Å². The number of aromatic nitrogens is 5. The molecule has 0 aliphatic heterocycles. The van der Waals surface area contributed by atoms with Gasteiger partial charge in [-0.25, -0.2) is 9.07 Å². The second-order valence-corrected chi connectivity index (χ2v) is 6.64. The van der Waals surface area contributed by atoms with Crippen LogP contribution in [0.15, 0.2) is 55.0 Å². The normalized spacial score (nSPS) is 11.1. The summed E-state index contributed by atoms with van der Waals surface area (Å²) < 4.78 is 17.1. The number of rotatable bonds is 6. The predicted octanol–water partition coefficient (Wildman–Crippen LogP) is 2.32. The molecule has 8 heteroatoms. The molecule has 0 fully saturated rings. The van der Waals surface area contributed by atoms with Crippen LogP contribution in [0.2, 0.25) is 0 Å². The Kier molecular flexibility index (Phi) is 4.84. The largest absolute Gasteiger partial charge is 0.352 e. The van der Waals surface area contributed by atoms with E-state index in [0.717, 1.165) is 22.0 Å². The molecule has 2 aromatic carbocycles. The lowest BCUT2D eigenvalue weighted by molar-refractivity contribution is 0.0954. The highest BCUT2D eigenvalue weighted by Crippen LogP contribution is 2.22. The molecule has 28 heavy (non-hydrogen) atoms. The van der Waals surface area contributed by atoms with E-state index in [1.54, 1.807) is 29.2 Å². The fourth-order valence-corrected chi connectivity index (χ4v) is 3.26. The van der Waals surface area contributed by atoms with Crippen LogP contribution < -0.4 is 5.32 Å². The van der Waals surface area contributed by atoms with E-state index in [2.05, 4.69) is 20.8 Å². The molecule has 0 aliphatic carbocycles. The quantitative estimate of drug-likeness (QED) is 0.559. The maximum absolute atomic E-state index is 13.6. The minimum atomic E-state index is -0.259. The molecule has 0 atom stereocenters. The second-order valence-electron chi connectivity index (χ2n) is 6.64. The van der Waals surface area contributed by atoms with E-state index in [9.17, 15) is 9.18 Å². The zero-order chi connectivity index (χ0) is 19.5. The number of hydrogen-bond acceptors (Lipinski definition) is 4. The van der Waals surface area contributed by atoms with Crippen molar-refractivity contribution >= 4 is 16.8 Å². The van der Waals surface area contributed by atoms with Gasteiger partial charge in [0, 0.05) is 36.3 Å². The molecule has 0 unspecified atom stereocenters. The molecular weight excluding hydrogens is 359 g/mol. The highest BCUT2D eigenvalue weighted by Gasteiger charge is 2.09. The van der Waals surface area contributed by atoms with Gasteiger partial charge in [0.2, 0.25) is 0 Å². The van der Waals surface area contributed by atoms with Gasteiger partial charge < -0.3 is 9.88 Å². The van der Waals surface area contributed by atoms with Crippen molar-refractivity contribution < 1.29 is 9.18 Å². The first-order chi connectivity index (χ1) is 13.6. The number of amides is 1. The van der Waals surface area contributed by atoms with E-state index in [1.165, 1.54) is 12.1 Å². The zero-order valence-electron chi connectivity index (χ0n) is 15.3. The summed E-state index contributed by atoms with van der Waals surface area (Å²) in [4.78, 5) is 12.4. The van der Waals surface area contributed by atoms with Crippen molar-refractivity contribution in [1.82, 2.24) is 30.1 Å². The van der Waals surface area contributed by atoms with Crippen molar-refractivity contribution in [3.8, 4) is 0 Å². The molecule has 0 radical (unpaired) electrons. The van der Waals surface area contributed by atoms with Crippen LogP contribution in [0, 0.1) is 5.82 Å². The number of halogens is 1. The Hall–Kier alpha value is -3.55. The highest BCUT2D eigenvalue weighted by atomic mass is 19.1. The molecule has 0 saturated heterocycles. The number of benzene rings is 2. The summed E-state index contributed by atoms with van der Waals surface area (Å²) in [6.07, 6.45) is 4.15. The van der Waals surface area contributed by atoms with Gasteiger partial charge in [-0.15, -0.1) is 5.10 Å². The number of carbonyl (C=O) groups is 1. The molecule has 0 saturated carbocycles. The van der Waals surface area contributed by atoms with Gasteiger partial charge in [0.25, 0.3) is 5.91 Å². The first-order valence-electron chi connectivity index (χ1n) is 8.91. The Labute approximate surface area is 160 Å². The first-order valence-corrected chi connectivity index (χ1v) is 8.91. The van der Waals surface area contributed by atoms with Gasteiger partial charge in [0.1, 0.15) is 12.1 Å². The summed E-state index contributed by atoms with van der Waals surface area (Å²) in [6.45, 7) is 1.02. The lowest BCUT2D eigenvalue weighted by Gasteiger charge is -2.06. The summed E-state index contributed by atoms with van der Waals surface area (Å²) in [7, 11) is 1.93. The average molecular weight is 378 g/mol. The molecule has 2 heterocycles. The smallest absolute Gasteiger partial charge is 0.251 e. The van der Waals surface area contributed by atoms with E-state index in [0.29, 0.717) is 25.1 Å². The van der Waals surface area contributed by atoms with E-state index in [4.69, 9.17) is 0 Å². The molecule has 1 N–H and O–H groups in total. The van der Waals surface area contributed by atoms with Gasteiger partial charge in [0.05, 0.1) is 6.54 Å². The number of fused-ring (bicyclic) bond motifs is 1. The number of nitrogens with zero attached hydrogens (tertiary/aromatic N) is 5. The fraction of sp³-hybridized carbons (Fsp3) is 0.200. The summed E-state index contributed by atoms with van der Waals surface area (Å²) in [5, 5.41) is 14.8. The number of hydrogen-bond donors (Lipinski definition) is 1. The number of tetrazole rings is 1. The molecule has 4 rings (SSSR count). The second kappa shape index (κ2) is 7.59. The van der Waals surface area contributed by atoms with Crippen LogP contribution in [0.25, 0.3) is 10.9 Å². The van der Waals surface area contributed by atoms with Gasteiger partial charge in [-0.3, -0.25) is 4.79 Å². The van der Waals surface area contributed by atoms with Gasteiger partial charge in [-0.05, 0) is 58.3 Å². The van der Waals surface area contributed by atoms with E-state index in [1.807, 2.05) is 29.9 Å². The minimum absolute atomic E-state index is 0.139. The van der Waals surface area contributed by atoms with Crippen LogP contribution in [0.5, 0.6) is 0 Å². The zero-order valence-corrected chi connectivity index (χ0v) is 15.3. The van der Waals surface area contributed by atoms with E-state index < -0.39 is 0 Å². The third-order valence-corrected chi connectivity index (χ3v) is 4.67. The monoisotopic (exact) mass is 378 g/mol. The molecule has 0 bridgehead atoms. The maximum atomic E-state index is 13.6. The maximum Gasteiger partial charge on any atom is 0.251 e. The van der Waals surface area contributed by atoms with Gasteiger partial charge in [-0.1, -0.05) is 12.1 Å². The molecule has 0 aliphatic rings. The number of aryl methyl sites for hydroxylation is 1. The molecule has 4 aromatic rings. The average Bonchev–Trinajstić information content (AvgIpc) is 3.30. The van der Waals surface area contributed by atoms with Crippen molar-refractivity contribution in [1.29, 1.82) is 0 Å². The SMILES string of the molecule is Cn1cc(CCNC(=O)c2ccc(Cn3cnnn3)cc2)c2cc(F)ccc21. The molecule has 0 spiro atoms. The van der Waals surface area contributed by atoms with Crippen LogP contribution in [0.1, 0.15) is 21.5 Å². The number of carbonyl (C=O) groups excluding carboxylic acids is 1. The van der Waals surface area contributed by atoms with Crippen LogP contribution in [0.3, 0.4) is 0 Å². The van der Waals surface area contributed by atoms with Crippen LogP contribution in [-0.2, 0) is 20.0 Å². The third kappa shape index (κ3) is 3.75. The number of nitrogens with one attached hydrogen (secondary N) is 1. The lowest BCUT2D eigenvalue weighted by Crippen LogP contribution is -2.25. The summed E-state index contributed by atoms with van der Waals surface area (Å²) in [5.74, 6) is -0.397. The van der Waals surface area contributed by atoms with Crippen molar-refractivity contribution in [3.05, 3.63) is 77.5 Å². The van der Waals surface area contributed by atoms with Crippen LogP contribution >= 0.6 is 0 Å². The molecular formula is C20H19FN6O. The third-order valence-electron chi connectivity index (χ3n) is 4.67. The summed E-state index contributed by atoms with van der Waals surface area (Å²) in [6, 6.07) is 12.1.